The molecule has 0 aliphatic rings. The van der Waals surface area contributed by atoms with Crippen LogP contribution in [0.15, 0.2) is 0 Å². The van der Waals surface area contributed by atoms with Crippen LogP contribution < -0.4 is 0 Å². The van der Waals surface area contributed by atoms with E-state index in [1.165, 1.54) is 0 Å². The third-order valence-electron chi connectivity index (χ3n) is 0.179. The van der Waals surface area contributed by atoms with Crippen molar-refractivity contribution in [2.45, 2.75) is 11.7 Å². The van der Waals surface area contributed by atoms with Crippen molar-refractivity contribution in [3.05, 3.63) is 0 Å². The molecular weight excluding hydrogens is 148 g/mol. The average molecular weight is 158 g/mol. The second-order valence-corrected chi connectivity index (χ2v) is 1.39. The van der Waals surface area contributed by atoms with Crippen LogP contribution >= 0.6 is 15.9 Å². The third-order valence-corrected chi connectivity index (χ3v) is 0.503. The molecule has 0 aromatic rings. The van der Waals surface area contributed by atoms with E-state index in [1.807, 2.05) is 0 Å². The first-order chi connectivity index (χ1) is 4.73. The molecule has 0 radical (unpaired) electrons. The number of carboxylic acid groups (broad SMARTS) is 1. The zero-order chi connectivity index (χ0) is 9.28. The van der Waals surface area contributed by atoms with Gasteiger partial charge >= 0.3 is 5.97 Å². The molecule has 1 N–H and O–H groups in total. The Hall–Kier alpha value is -0.0500. The van der Waals surface area contributed by atoms with Gasteiger partial charge in [0.15, 0.2) is 0 Å². The van der Waals surface area contributed by atoms with Crippen LogP contribution in [0.25, 0.3) is 1.43 Å². The van der Waals surface area contributed by atoms with Gasteiger partial charge in [0, 0.05) is 4.11 Å². The summed E-state index contributed by atoms with van der Waals surface area (Å²) in [6.45, 7) is -2.84. The molecule has 0 fully saturated rings. The Bertz CT molecular complexity index is 164. The molecule has 0 rings (SSSR count). The number of alkyl halides is 1. The molecule has 0 unspecified atom stereocenters. The maximum atomic E-state index is 10.5. The van der Waals surface area contributed by atoms with Gasteiger partial charge in [0.2, 0.25) is 0 Å². The normalized spacial score (nSPS) is 32.5. The van der Waals surface area contributed by atoms with Crippen molar-refractivity contribution >= 4 is 21.9 Å². The number of rotatable bonds is 1. The van der Waals surface area contributed by atoms with E-state index in [0.717, 1.165) is 0 Å². The van der Waals surface area contributed by atoms with Gasteiger partial charge in [-0.2, -0.15) is 0 Å². The van der Waals surface area contributed by atoms with Crippen LogP contribution in [-0.4, -0.2) is 15.9 Å². The minimum absolute atomic E-state index is 1.46. The minimum Gasteiger partial charge on any atom is -0.480 e. The van der Waals surface area contributed by atoms with Gasteiger partial charge < -0.3 is 5.11 Å². The van der Waals surface area contributed by atoms with Crippen molar-refractivity contribution < 1.29 is 15.4 Å². The Balaban J connectivity index is 4.59. The number of aliphatic carboxylic acids is 1. The van der Waals surface area contributed by atoms with Crippen molar-refractivity contribution in [2.24, 2.45) is 0 Å². The lowest BCUT2D eigenvalue weighted by atomic mass is 10.5. The van der Waals surface area contributed by atoms with Crippen LogP contribution in [-0.2, 0) is 4.79 Å². The van der Waals surface area contributed by atoms with E-state index in [1.54, 1.807) is 0 Å². The Morgan fingerprint density at radius 2 is 3.33 bits per heavy atom. The number of carbonyl (C=O) groups is 1. The summed E-state index contributed by atoms with van der Waals surface area (Å²) in [4.78, 5) is 7.94. The van der Waals surface area contributed by atoms with Gasteiger partial charge in [-0.3, -0.25) is 4.79 Å². The lowest BCUT2D eigenvalue weighted by molar-refractivity contribution is -0.135. The molecule has 2 nitrogen and oxygen atoms in total. The molecule has 6 heavy (non-hydrogen) atoms. The molecular formula is C3H5BrO2. The number of carboxylic acids is 1. The van der Waals surface area contributed by atoms with Crippen LogP contribution in [0.5, 0.6) is 0 Å². The summed E-state index contributed by atoms with van der Waals surface area (Å²) in [5, 5.41) is 3.36. The molecule has 0 aliphatic heterocycles. The van der Waals surface area contributed by atoms with Crippen molar-refractivity contribution in [3.63, 3.8) is 0 Å². The van der Waals surface area contributed by atoms with Gasteiger partial charge in [-0.15, -0.1) is 0 Å². The van der Waals surface area contributed by atoms with E-state index >= 15 is 0 Å². The van der Waals surface area contributed by atoms with Crippen LogP contribution in [0.4, 0.5) is 0 Å². The Morgan fingerprint density at radius 3 is 3.50 bits per heavy atom. The number of halogens is 1. The highest BCUT2D eigenvalue weighted by molar-refractivity contribution is 9.10. The molecule has 0 saturated heterocycles. The maximum absolute atomic E-state index is 10.5. The molecule has 0 heterocycles. The van der Waals surface area contributed by atoms with Gasteiger partial charge in [-0.1, -0.05) is 15.9 Å². The molecule has 36 valence electrons. The fraction of sp³-hybridized carbons (Fsp3) is 0.667. The lowest BCUT2D eigenvalue weighted by Gasteiger charge is -1.87. The molecule has 0 aliphatic carbocycles. The van der Waals surface area contributed by atoms with E-state index in [0.29, 0.717) is 0 Å². The predicted molar refractivity (Wildman–Crippen MR) is 26.0 cm³/mol. The Labute approximate surface area is 51.4 Å². The smallest absolute Gasteiger partial charge is 0.316 e. The van der Waals surface area contributed by atoms with Gasteiger partial charge in [-0.05, 0) is 6.85 Å². The summed E-state index contributed by atoms with van der Waals surface area (Å²) >= 11 is 2.34. The molecule has 0 amide bonds. The van der Waals surface area contributed by atoms with Crippen LogP contribution in [0, 0.1) is 0 Å². The average Bonchev–Trinajstić information content (AvgIpc) is 1.83. The maximum Gasteiger partial charge on any atom is 0.316 e. The van der Waals surface area contributed by atoms with Crippen molar-refractivity contribution in [1.29, 1.82) is 1.43 Å². The van der Waals surface area contributed by atoms with E-state index < -0.39 is 17.6 Å². The van der Waals surface area contributed by atoms with E-state index in [4.69, 9.17) is 6.91 Å². The fourth-order valence-electron chi connectivity index (χ4n) is 0. The monoisotopic (exact) mass is 157 g/mol. The summed E-state index contributed by atoms with van der Waals surface area (Å²) in [6.07, 6.45) is 0. The number of hydrogen-bond acceptors (Lipinski definition) is 2. The SMILES string of the molecule is [2H]OC(=O)[C@@]([2H])(Br)C([2H])([2H])[2H]. The minimum atomic E-state index is -2.84. The largest absolute Gasteiger partial charge is 0.480 e. The summed E-state index contributed by atoms with van der Waals surface area (Å²) in [6, 6.07) is 0. The molecule has 0 bridgehead atoms. The zero-order valence-corrected chi connectivity index (χ0v) is 4.28. The van der Waals surface area contributed by atoms with Gasteiger partial charge in [0.05, 0.1) is 1.37 Å². The standard InChI is InChI=1S/C3H5BrO2/c1-2(4)3(5)6/h2H,1H3,(H,5,6)/t2-/m0/s1/i1D3,2D/hD. The van der Waals surface area contributed by atoms with Gasteiger partial charge in [0.1, 0.15) is 4.80 Å². The first kappa shape index (κ1) is 1.47. The van der Waals surface area contributed by atoms with Gasteiger partial charge in [0.25, 0.3) is 1.43 Å². The molecule has 1 atom stereocenters. The zero-order valence-electron chi connectivity index (χ0n) is 7.69. The first-order valence-electron chi connectivity index (χ1n) is 3.51. The van der Waals surface area contributed by atoms with Crippen molar-refractivity contribution in [1.82, 2.24) is 0 Å². The summed E-state index contributed by atoms with van der Waals surface area (Å²) in [5.74, 6) is -1.46. The van der Waals surface area contributed by atoms with Crippen molar-refractivity contribution in [3.8, 4) is 0 Å². The lowest BCUT2D eigenvalue weighted by Crippen LogP contribution is -2.06. The summed E-state index contributed by atoms with van der Waals surface area (Å²) in [7, 11) is 0. The molecule has 0 spiro atoms. The highest BCUT2D eigenvalue weighted by Gasteiger charge is 2.01. The third kappa shape index (κ3) is 2.20. The van der Waals surface area contributed by atoms with E-state index in [2.05, 4.69) is 21.0 Å². The first-order valence-corrected chi connectivity index (χ1v) is 1.89. The quantitative estimate of drug-likeness (QED) is 0.574. The van der Waals surface area contributed by atoms with Crippen molar-refractivity contribution in [2.75, 3.05) is 0 Å². The highest BCUT2D eigenvalue weighted by Crippen LogP contribution is 1.93. The highest BCUT2D eigenvalue weighted by atomic mass is 79.9. The van der Waals surface area contributed by atoms with Crippen LogP contribution in [0.1, 0.15) is 12.3 Å². The Morgan fingerprint density at radius 1 is 2.67 bits per heavy atom. The predicted octanol–water partition coefficient (Wildman–Crippen LogP) is 0.854. The van der Waals surface area contributed by atoms with Gasteiger partial charge in [-0.25, -0.2) is 0 Å². The second-order valence-electron chi connectivity index (χ2n) is 0.601. The van der Waals surface area contributed by atoms with E-state index in [9.17, 15) is 4.79 Å². The molecule has 3 heteroatoms. The van der Waals surface area contributed by atoms with E-state index in [-0.39, 0.29) is 0 Å². The molecule has 0 saturated carbocycles. The summed E-state index contributed by atoms with van der Waals surface area (Å²) < 4.78 is 33.1. The summed E-state index contributed by atoms with van der Waals surface area (Å²) in [5.41, 5.74) is 0. The van der Waals surface area contributed by atoms with Crippen LogP contribution in [0.2, 0.25) is 0 Å². The molecule has 0 aromatic heterocycles. The Kier molecular flexibility index (Phi) is 0.535. The topological polar surface area (TPSA) is 37.3 Å². The van der Waals surface area contributed by atoms with Crippen LogP contribution in [0.3, 0.4) is 0 Å². The number of hydrogen-bond donors (Lipinski definition) is 1. The fourth-order valence-corrected chi connectivity index (χ4v) is 0. The molecule has 0 aromatic carbocycles. The second kappa shape index (κ2) is 2.18.